The molecule has 5 nitrogen and oxygen atoms in total. The Labute approximate surface area is 162 Å². The number of hydrogen-bond acceptors (Lipinski definition) is 4. The predicted octanol–water partition coefficient (Wildman–Crippen LogP) is 1.94. The van der Waals surface area contributed by atoms with Gasteiger partial charge in [-0.15, -0.1) is 0 Å². The highest BCUT2D eigenvalue weighted by Gasteiger charge is 2.42. The number of fused-ring (bicyclic) bond motifs is 1. The average Bonchev–Trinajstić information content (AvgIpc) is 3.16. The molecule has 3 aliphatic heterocycles. The van der Waals surface area contributed by atoms with Crippen molar-refractivity contribution in [2.45, 2.75) is 50.4 Å². The Kier molecular flexibility index (Phi) is 5.39. The van der Waals surface area contributed by atoms with Crippen molar-refractivity contribution >= 4 is 23.2 Å². The lowest BCUT2D eigenvalue weighted by molar-refractivity contribution is -0.123. The Morgan fingerprint density at radius 2 is 1.96 bits per heavy atom. The molecule has 3 saturated heterocycles. The predicted molar refractivity (Wildman–Crippen MR) is 102 cm³/mol. The number of thiocarbonyl (C=S) groups is 1. The van der Waals surface area contributed by atoms with E-state index in [1.165, 1.54) is 0 Å². The van der Waals surface area contributed by atoms with Crippen LogP contribution >= 0.6 is 12.2 Å². The molecule has 0 radical (unpaired) electrons. The third-order valence-corrected chi connectivity index (χ3v) is 6.27. The molecule has 0 spiro atoms. The van der Waals surface area contributed by atoms with Gasteiger partial charge in [0.05, 0.1) is 6.04 Å². The minimum Gasteiger partial charge on any atom is -0.339 e. The van der Waals surface area contributed by atoms with Gasteiger partial charge in [-0.25, -0.2) is 8.78 Å². The second-order valence-electron chi connectivity index (χ2n) is 7.53. The molecule has 3 fully saturated rings. The molecule has 4 atom stereocenters. The summed E-state index contributed by atoms with van der Waals surface area (Å²) in [6.07, 6.45) is -0.482. The number of piperidine rings is 1. The van der Waals surface area contributed by atoms with Crippen LogP contribution < -0.4 is 16.0 Å². The van der Waals surface area contributed by atoms with E-state index >= 15 is 0 Å². The number of rotatable bonds is 4. The Balaban J connectivity index is 1.56. The van der Waals surface area contributed by atoms with E-state index in [9.17, 15) is 13.6 Å². The van der Waals surface area contributed by atoms with Gasteiger partial charge in [0.15, 0.2) is 5.11 Å². The SMILES string of the molecule is O=C1NC(=S)N(Cc2ccccc2[C@@H]2C[C@H](C(F)F)CCN2)C2CCNC12. The number of alkyl halides is 2. The van der Waals surface area contributed by atoms with Gasteiger partial charge in [0.1, 0.15) is 6.04 Å². The summed E-state index contributed by atoms with van der Waals surface area (Å²) in [6, 6.07) is 7.65. The van der Waals surface area contributed by atoms with Crippen LogP contribution in [0.1, 0.15) is 36.4 Å². The first kappa shape index (κ1) is 18.7. The van der Waals surface area contributed by atoms with Crippen LogP contribution in [0.25, 0.3) is 0 Å². The van der Waals surface area contributed by atoms with Crippen LogP contribution in [0.15, 0.2) is 24.3 Å². The zero-order valence-electron chi connectivity index (χ0n) is 15.0. The molecule has 1 aromatic rings. The van der Waals surface area contributed by atoms with Gasteiger partial charge >= 0.3 is 0 Å². The molecule has 0 bridgehead atoms. The maximum atomic E-state index is 13.2. The summed E-state index contributed by atoms with van der Waals surface area (Å²) in [5.74, 6) is -0.635. The molecule has 2 unspecified atom stereocenters. The second kappa shape index (κ2) is 7.77. The number of amides is 1. The van der Waals surface area contributed by atoms with Crippen LogP contribution in [-0.2, 0) is 11.3 Å². The molecule has 0 aliphatic carbocycles. The minimum absolute atomic E-state index is 0.0347. The van der Waals surface area contributed by atoms with Crippen LogP contribution in [0, 0.1) is 5.92 Å². The van der Waals surface area contributed by atoms with Gasteiger partial charge in [-0.05, 0) is 55.7 Å². The largest absolute Gasteiger partial charge is 0.339 e. The van der Waals surface area contributed by atoms with Gasteiger partial charge in [0.2, 0.25) is 12.3 Å². The number of halogens is 2. The first-order valence-corrected chi connectivity index (χ1v) is 9.89. The van der Waals surface area contributed by atoms with Crippen LogP contribution in [-0.4, -0.2) is 47.5 Å². The van der Waals surface area contributed by atoms with Crippen molar-refractivity contribution < 1.29 is 13.6 Å². The van der Waals surface area contributed by atoms with E-state index in [0.29, 0.717) is 31.0 Å². The smallest absolute Gasteiger partial charge is 0.245 e. The van der Waals surface area contributed by atoms with E-state index in [4.69, 9.17) is 12.2 Å². The van der Waals surface area contributed by atoms with Crippen LogP contribution in [0.4, 0.5) is 8.78 Å². The molecule has 146 valence electrons. The van der Waals surface area contributed by atoms with Crippen molar-refractivity contribution in [2.75, 3.05) is 13.1 Å². The summed E-state index contributed by atoms with van der Waals surface area (Å²) < 4.78 is 26.4. The Morgan fingerprint density at radius 3 is 2.78 bits per heavy atom. The van der Waals surface area contributed by atoms with E-state index in [1.54, 1.807) is 0 Å². The normalized spacial score (nSPS) is 31.1. The first-order valence-electron chi connectivity index (χ1n) is 9.49. The Bertz CT molecular complexity index is 731. The van der Waals surface area contributed by atoms with Crippen LogP contribution in [0.2, 0.25) is 0 Å². The summed E-state index contributed by atoms with van der Waals surface area (Å²) in [7, 11) is 0. The molecule has 3 heterocycles. The summed E-state index contributed by atoms with van der Waals surface area (Å²) in [4.78, 5) is 14.2. The number of benzene rings is 1. The number of carbonyl (C=O) groups excluding carboxylic acids is 1. The lowest BCUT2D eigenvalue weighted by atomic mass is 9.87. The van der Waals surface area contributed by atoms with Gasteiger partial charge in [-0.1, -0.05) is 24.3 Å². The summed E-state index contributed by atoms with van der Waals surface area (Å²) in [5, 5.41) is 9.86. The van der Waals surface area contributed by atoms with Crippen molar-refractivity contribution in [3.8, 4) is 0 Å². The van der Waals surface area contributed by atoms with E-state index in [0.717, 1.165) is 24.1 Å². The highest BCUT2D eigenvalue weighted by molar-refractivity contribution is 7.80. The molecule has 0 aromatic heterocycles. The molecule has 8 heteroatoms. The van der Waals surface area contributed by atoms with Crippen LogP contribution in [0.3, 0.4) is 0 Å². The topological polar surface area (TPSA) is 56.4 Å². The highest BCUT2D eigenvalue weighted by Crippen LogP contribution is 2.33. The van der Waals surface area contributed by atoms with Gasteiger partial charge in [0.25, 0.3) is 0 Å². The number of nitrogens with one attached hydrogen (secondary N) is 3. The zero-order chi connectivity index (χ0) is 19.0. The lowest BCUT2D eigenvalue weighted by Crippen LogP contribution is -2.63. The fraction of sp³-hybridized carbons (Fsp3) is 0.579. The molecule has 3 aliphatic rings. The van der Waals surface area contributed by atoms with Crippen LogP contribution in [0.5, 0.6) is 0 Å². The fourth-order valence-electron chi connectivity index (χ4n) is 4.50. The molecule has 4 rings (SSSR count). The van der Waals surface area contributed by atoms with Gasteiger partial charge in [-0.3, -0.25) is 4.79 Å². The Hall–Kier alpha value is -1.64. The quantitative estimate of drug-likeness (QED) is 0.682. The van der Waals surface area contributed by atoms with E-state index in [1.807, 2.05) is 24.3 Å². The number of hydrogen-bond donors (Lipinski definition) is 3. The number of carbonyl (C=O) groups is 1. The molecule has 1 amide bonds. The van der Waals surface area contributed by atoms with Gasteiger partial charge in [0, 0.05) is 18.5 Å². The van der Waals surface area contributed by atoms with E-state index in [-0.39, 0.29) is 24.0 Å². The molecular weight excluding hydrogens is 370 g/mol. The molecule has 0 saturated carbocycles. The molecule has 1 aromatic carbocycles. The minimum atomic E-state index is -2.28. The monoisotopic (exact) mass is 394 g/mol. The van der Waals surface area contributed by atoms with E-state index < -0.39 is 12.3 Å². The summed E-state index contributed by atoms with van der Waals surface area (Å²) in [6.45, 7) is 1.94. The second-order valence-corrected chi connectivity index (χ2v) is 7.92. The maximum absolute atomic E-state index is 13.2. The molecule has 3 N–H and O–H groups in total. The first-order chi connectivity index (χ1) is 13.0. The van der Waals surface area contributed by atoms with Gasteiger partial charge in [-0.2, -0.15) is 0 Å². The van der Waals surface area contributed by atoms with Crippen molar-refractivity contribution in [1.29, 1.82) is 0 Å². The average molecular weight is 394 g/mol. The van der Waals surface area contributed by atoms with Gasteiger partial charge < -0.3 is 20.9 Å². The van der Waals surface area contributed by atoms with E-state index in [2.05, 4.69) is 20.9 Å². The highest BCUT2D eigenvalue weighted by atomic mass is 32.1. The Morgan fingerprint density at radius 1 is 1.19 bits per heavy atom. The maximum Gasteiger partial charge on any atom is 0.245 e. The third kappa shape index (κ3) is 3.70. The van der Waals surface area contributed by atoms with Crippen molar-refractivity contribution in [3.63, 3.8) is 0 Å². The fourth-order valence-corrected chi connectivity index (χ4v) is 4.80. The lowest BCUT2D eigenvalue weighted by Gasteiger charge is -2.39. The number of nitrogens with zero attached hydrogens (tertiary/aromatic N) is 1. The zero-order valence-corrected chi connectivity index (χ0v) is 15.8. The van der Waals surface area contributed by atoms with Crippen molar-refractivity contribution in [1.82, 2.24) is 20.9 Å². The summed E-state index contributed by atoms with van der Waals surface area (Å²) >= 11 is 5.43. The third-order valence-electron chi connectivity index (χ3n) is 5.93. The van der Waals surface area contributed by atoms with Crippen molar-refractivity contribution in [2.24, 2.45) is 5.92 Å². The molecular formula is C19H24F2N4OS. The standard InChI is InChI=1S/C19H24F2N4OS/c20-17(21)11-5-7-22-14(9-11)13-4-2-1-3-12(13)10-25-15-6-8-23-16(15)18(26)24-19(25)27/h1-4,11,14-17,22-23H,5-10H2,(H,24,26,27)/t11-,14+,15?,16?/m1/s1. The van der Waals surface area contributed by atoms with Crippen molar-refractivity contribution in [3.05, 3.63) is 35.4 Å². The molecule has 27 heavy (non-hydrogen) atoms. The summed E-state index contributed by atoms with van der Waals surface area (Å²) in [5.41, 5.74) is 2.11.